The van der Waals surface area contributed by atoms with Crippen LogP contribution in [0.1, 0.15) is 12.8 Å². The van der Waals surface area contributed by atoms with Crippen LogP contribution in [0.4, 0.5) is 17.1 Å². The van der Waals surface area contributed by atoms with Crippen molar-refractivity contribution in [1.29, 1.82) is 0 Å². The number of non-ortho nitro benzene ring substituents is 1. The number of morpholine rings is 1. The molecule has 0 saturated carbocycles. The first-order chi connectivity index (χ1) is 11.0. The van der Waals surface area contributed by atoms with Gasteiger partial charge in [0.1, 0.15) is 5.69 Å². The molecule has 124 valence electrons. The number of nitro benzene ring substituents is 2. The number of hydrogen-bond donors (Lipinski definition) is 1. The Balaban J connectivity index is 1.65. The van der Waals surface area contributed by atoms with Crippen molar-refractivity contribution in [3.8, 4) is 0 Å². The first-order valence-electron chi connectivity index (χ1n) is 7.57. The lowest BCUT2D eigenvalue weighted by molar-refractivity contribution is -0.393. The van der Waals surface area contributed by atoms with Gasteiger partial charge in [0.25, 0.3) is 11.4 Å². The van der Waals surface area contributed by atoms with E-state index in [1.54, 1.807) is 0 Å². The highest BCUT2D eigenvalue weighted by Gasteiger charge is 2.32. The van der Waals surface area contributed by atoms with E-state index in [0.29, 0.717) is 19.2 Å². The summed E-state index contributed by atoms with van der Waals surface area (Å²) in [7, 11) is 0. The van der Waals surface area contributed by atoms with E-state index >= 15 is 0 Å². The molecule has 1 aromatic rings. The molecule has 2 aliphatic heterocycles. The molecule has 23 heavy (non-hydrogen) atoms. The lowest BCUT2D eigenvalue weighted by Crippen LogP contribution is -2.48. The summed E-state index contributed by atoms with van der Waals surface area (Å²) in [6.07, 6.45) is 2.30. The van der Waals surface area contributed by atoms with Gasteiger partial charge in [0.2, 0.25) is 0 Å². The van der Waals surface area contributed by atoms with Gasteiger partial charge >= 0.3 is 0 Å². The van der Waals surface area contributed by atoms with Gasteiger partial charge in [0, 0.05) is 25.2 Å². The molecule has 1 N–H and O–H groups in total. The zero-order valence-corrected chi connectivity index (χ0v) is 12.5. The van der Waals surface area contributed by atoms with E-state index in [2.05, 4.69) is 10.2 Å². The lowest BCUT2D eigenvalue weighted by Gasteiger charge is -2.35. The molecule has 0 bridgehead atoms. The van der Waals surface area contributed by atoms with Gasteiger partial charge in [0.05, 0.1) is 28.6 Å². The van der Waals surface area contributed by atoms with E-state index in [1.807, 2.05) is 0 Å². The second-order valence-corrected chi connectivity index (χ2v) is 5.84. The number of nitrogens with one attached hydrogen (secondary N) is 1. The molecule has 3 rings (SSSR count). The number of ether oxygens (including phenoxy) is 1. The van der Waals surface area contributed by atoms with E-state index in [4.69, 9.17) is 4.74 Å². The summed E-state index contributed by atoms with van der Waals surface area (Å²) in [6, 6.07) is 4.10. The molecular weight excluding hydrogens is 304 g/mol. The Hall–Kier alpha value is -2.26. The van der Waals surface area contributed by atoms with Crippen LogP contribution in [-0.2, 0) is 4.74 Å². The fourth-order valence-corrected chi connectivity index (χ4v) is 3.17. The normalized spacial score (nSPS) is 24.2. The quantitative estimate of drug-likeness (QED) is 0.649. The second kappa shape index (κ2) is 6.47. The van der Waals surface area contributed by atoms with Crippen molar-refractivity contribution in [1.82, 2.24) is 4.90 Å². The number of nitrogens with zero attached hydrogens (tertiary/aromatic N) is 3. The highest BCUT2D eigenvalue weighted by atomic mass is 16.6. The number of fused-ring (bicyclic) bond motifs is 1. The third kappa shape index (κ3) is 3.40. The van der Waals surface area contributed by atoms with Gasteiger partial charge in [-0.2, -0.15) is 0 Å². The third-order valence-electron chi connectivity index (χ3n) is 4.37. The molecule has 0 spiro atoms. The average molecular weight is 322 g/mol. The second-order valence-electron chi connectivity index (χ2n) is 5.84. The van der Waals surface area contributed by atoms with Crippen molar-refractivity contribution in [3.05, 3.63) is 38.4 Å². The summed E-state index contributed by atoms with van der Waals surface area (Å²) < 4.78 is 5.79. The highest BCUT2D eigenvalue weighted by Crippen LogP contribution is 2.29. The average Bonchev–Trinajstić information content (AvgIpc) is 3.00. The van der Waals surface area contributed by atoms with E-state index in [1.165, 1.54) is 18.6 Å². The molecule has 2 fully saturated rings. The Bertz CT molecular complexity index is 623. The molecule has 0 aromatic heterocycles. The molecule has 0 amide bonds. The van der Waals surface area contributed by atoms with Crippen molar-refractivity contribution in [2.24, 2.45) is 0 Å². The van der Waals surface area contributed by atoms with Crippen LogP contribution < -0.4 is 5.32 Å². The minimum atomic E-state index is -0.644. The topological polar surface area (TPSA) is 111 Å². The van der Waals surface area contributed by atoms with Crippen LogP contribution in [0.2, 0.25) is 0 Å². The summed E-state index contributed by atoms with van der Waals surface area (Å²) in [5.74, 6) is 0. The van der Waals surface area contributed by atoms with Crippen LogP contribution in [0, 0.1) is 20.2 Å². The Kier molecular flexibility index (Phi) is 4.39. The Morgan fingerprint density at radius 3 is 2.87 bits per heavy atom. The molecular formula is C14H18N4O5. The van der Waals surface area contributed by atoms with Crippen molar-refractivity contribution in [3.63, 3.8) is 0 Å². The number of nitro groups is 2. The molecule has 2 aliphatic rings. The van der Waals surface area contributed by atoms with Gasteiger partial charge in [-0.1, -0.05) is 0 Å². The van der Waals surface area contributed by atoms with Crippen molar-refractivity contribution in [2.45, 2.75) is 25.0 Å². The van der Waals surface area contributed by atoms with Crippen molar-refractivity contribution < 1.29 is 14.6 Å². The highest BCUT2D eigenvalue weighted by molar-refractivity contribution is 5.65. The Morgan fingerprint density at radius 2 is 2.13 bits per heavy atom. The van der Waals surface area contributed by atoms with Crippen LogP contribution in [0.3, 0.4) is 0 Å². The maximum Gasteiger partial charge on any atom is 0.299 e. The smallest absolute Gasteiger partial charge is 0.299 e. The maximum absolute atomic E-state index is 11.1. The third-order valence-corrected chi connectivity index (χ3v) is 4.37. The summed E-state index contributed by atoms with van der Waals surface area (Å²) >= 11 is 0. The molecule has 2 saturated heterocycles. The summed E-state index contributed by atoms with van der Waals surface area (Å²) in [5.41, 5.74) is -0.321. The standard InChI is InChI=1S/C14H18N4O5/c19-17(20)10-3-4-13(14(6-10)18(21)22)15-7-12-8-16-5-1-2-11(16)9-23-12/h3-4,6,11-12,15H,1-2,5,7-9H2/t11-,12-/m0/s1. The molecule has 0 unspecified atom stereocenters. The lowest BCUT2D eigenvalue weighted by atomic mass is 10.2. The summed E-state index contributed by atoms with van der Waals surface area (Å²) in [5, 5.41) is 24.8. The number of rotatable bonds is 5. The molecule has 9 nitrogen and oxygen atoms in total. The Labute approximate surface area is 132 Å². The molecule has 0 aliphatic carbocycles. The minimum Gasteiger partial charge on any atom is -0.377 e. The fourth-order valence-electron chi connectivity index (χ4n) is 3.17. The predicted octanol–water partition coefficient (Wildman–Crippen LogP) is 1.78. The number of benzene rings is 1. The first-order valence-corrected chi connectivity index (χ1v) is 7.57. The Morgan fingerprint density at radius 1 is 1.30 bits per heavy atom. The van der Waals surface area contributed by atoms with E-state index in [0.717, 1.165) is 25.6 Å². The van der Waals surface area contributed by atoms with Crippen LogP contribution in [0.25, 0.3) is 0 Å². The van der Waals surface area contributed by atoms with E-state index in [9.17, 15) is 20.2 Å². The molecule has 1 aromatic carbocycles. The summed E-state index contributed by atoms with van der Waals surface area (Å²) in [4.78, 5) is 23.0. The van der Waals surface area contributed by atoms with Crippen LogP contribution in [0.15, 0.2) is 18.2 Å². The van der Waals surface area contributed by atoms with Crippen LogP contribution in [0.5, 0.6) is 0 Å². The van der Waals surface area contributed by atoms with Crippen LogP contribution >= 0.6 is 0 Å². The van der Waals surface area contributed by atoms with Gasteiger partial charge in [0.15, 0.2) is 0 Å². The van der Waals surface area contributed by atoms with E-state index in [-0.39, 0.29) is 23.2 Å². The molecule has 9 heteroatoms. The monoisotopic (exact) mass is 322 g/mol. The largest absolute Gasteiger partial charge is 0.377 e. The van der Waals surface area contributed by atoms with Crippen molar-refractivity contribution in [2.75, 3.05) is 31.6 Å². The molecule has 0 radical (unpaired) electrons. The van der Waals surface area contributed by atoms with E-state index < -0.39 is 9.85 Å². The zero-order chi connectivity index (χ0) is 16.4. The van der Waals surface area contributed by atoms with Gasteiger partial charge in [-0.05, 0) is 25.5 Å². The van der Waals surface area contributed by atoms with Gasteiger partial charge in [-0.25, -0.2) is 0 Å². The maximum atomic E-state index is 11.1. The van der Waals surface area contributed by atoms with Gasteiger partial charge in [-0.3, -0.25) is 25.1 Å². The fraction of sp³-hybridized carbons (Fsp3) is 0.571. The van der Waals surface area contributed by atoms with Crippen LogP contribution in [-0.4, -0.2) is 53.1 Å². The van der Waals surface area contributed by atoms with Gasteiger partial charge in [-0.15, -0.1) is 0 Å². The SMILES string of the molecule is O=[N+]([O-])c1ccc(NC[C@H]2CN3CCC[C@H]3CO2)c([N+](=O)[O-])c1. The minimum absolute atomic E-state index is 0.0425. The number of anilines is 1. The van der Waals surface area contributed by atoms with Crippen molar-refractivity contribution >= 4 is 17.1 Å². The first kappa shape index (κ1) is 15.6. The zero-order valence-electron chi connectivity index (χ0n) is 12.5. The summed E-state index contributed by atoms with van der Waals surface area (Å²) in [6.45, 7) is 3.00. The predicted molar refractivity (Wildman–Crippen MR) is 82.6 cm³/mol. The molecule has 2 atom stereocenters. The molecule has 2 heterocycles. The number of hydrogen-bond acceptors (Lipinski definition) is 7. The van der Waals surface area contributed by atoms with Gasteiger partial charge < -0.3 is 10.1 Å².